The number of nitrogens with one attached hydrogen (secondary N) is 2. The van der Waals surface area contributed by atoms with Gasteiger partial charge in [0, 0.05) is 58.7 Å². The molecule has 1 aromatic rings. The number of benzene rings is 1. The van der Waals surface area contributed by atoms with Crippen LogP contribution in [0.1, 0.15) is 31.2 Å². The average Bonchev–Trinajstić information content (AvgIpc) is 3.44. The molecule has 0 spiro atoms. The van der Waals surface area contributed by atoms with Crippen molar-refractivity contribution in [2.75, 3.05) is 40.5 Å². The van der Waals surface area contributed by atoms with Crippen LogP contribution < -0.4 is 10.6 Å². The van der Waals surface area contributed by atoms with E-state index in [1.165, 1.54) is 6.07 Å². The summed E-state index contributed by atoms with van der Waals surface area (Å²) in [6.07, 6.45) is 3.89. The van der Waals surface area contributed by atoms with E-state index in [9.17, 15) is 4.39 Å². The summed E-state index contributed by atoms with van der Waals surface area (Å²) in [7, 11) is 3.52. The Morgan fingerprint density at radius 3 is 2.46 bits per heavy atom. The van der Waals surface area contributed by atoms with Crippen molar-refractivity contribution < 1.29 is 13.9 Å². The van der Waals surface area contributed by atoms with Crippen molar-refractivity contribution in [1.82, 2.24) is 10.6 Å². The number of hydrogen-bond donors (Lipinski definition) is 2. The molecule has 2 fully saturated rings. The Kier molecular flexibility index (Phi) is 7.66. The number of halogens is 2. The Morgan fingerprint density at radius 1 is 1.19 bits per heavy atom. The highest BCUT2D eigenvalue weighted by Crippen LogP contribution is 2.47. The minimum absolute atomic E-state index is 0. The van der Waals surface area contributed by atoms with Crippen molar-refractivity contribution in [1.29, 1.82) is 0 Å². The van der Waals surface area contributed by atoms with Crippen LogP contribution in [0.4, 0.5) is 4.39 Å². The molecule has 0 bridgehead atoms. The molecule has 0 unspecified atom stereocenters. The van der Waals surface area contributed by atoms with E-state index in [1.807, 2.05) is 6.07 Å². The molecule has 3 rings (SSSR count). The molecule has 1 heterocycles. The maximum absolute atomic E-state index is 13.5. The van der Waals surface area contributed by atoms with Crippen LogP contribution in [-0.4, -0.2) is 52.0 Å². The summed E-state index contributed by atoms with van der Waals surface area (Å²) >= 11 is 0. The van der Waals surface area contributed by atoms with Crippen molar-refractivity contribution in [3.63, 3.8) is 0 Å². The molecule has 26 heavy (non-hydrogen) atoms. The SMILES string of the molecule is CN=C(NCC1(OC)CCOCC1)NCC1(c2cccc(F)c2)CC1.I. The van der Waals surface area contributed by atoms with E-state index < -0.39 is 0 Å². The summed E-state index contributed by atoms with van der Waals surface area (Å²) in [4.78, 5) is 4.31. The molecule has 1 saturated heterocycles. The average molecular weight is 477 g/mol. The highest BCUT2D eigenvalue weighted by atomic mass is 127. The van der Waals surface area contributed by atoms with E-state index in [2.05, 4.69) is 15.6 Å². The Hall–Kier alpha value is -0.930. The molecule has 1 aliphatic carbocycles. The maximum atomic E-state index is 13.5. The number of ether oxygens (including phenoxy) is 2. The molecule has 0 aromatic heterocycles. The molecule has 1 aromatic carbocycles. The molecule has 2 aliphatic rings. The fourth-order valence-corrected chi connectivity index (χ4v) is 3.45. The Balaban J connectivity index is 0.00000243. The van der Waals surface area contributed by atoms with E-state index >= 15 is 0 Å². The number of methoxy groups -OCH3 is 1. The minimum atomic E-state index is -0.199. The van der Waals surface area contributed by atoms with E-state index in [0.29, 0.717) is 6.54 Å². The summed E-state index contributed by atoms with van der Waals surface area (Å²) in [5.41, 5.74) is 0.890. The predicted molar refractivity (Wildman–Crippen MR) is 112 cm³/mol. The summed E-state index contributed by atoms with van der Waals surface area (Å²) in [5, 5.41) is 6.78. The molecule has 0 amide bonds. The van der Waals surface area contributed by atoms with Gasteiger partial charge in [-0.05, 0) is 30.5 Å². The number of hydrogen-bond acceptors (Lipinski definition) is 3. The second kappa shape index (κ2) is 9.32. The lowest BCUT2D eigenvalue weighted by atomic mass is 9.94. The first-order valence-corrected chi connectivity index (χ1v) is 8.95. The van der Waals surface area contributed by atoms with Gasteiger partial charge in [0.2, 0.25) is 0 Å². The first kappa shape index (κ1) is 21.4. The first-order valence-electron chi connectivity index (χ1n) is 8.95. The molecule has 1 aliphatic heterocycles. The third-order valence-corrected chi connectivity index (χ3v) is 5.52. The monoisotopic (exact) mass is 477 g/mol. The number of guanidine groups is 1. The zero-order chi connectivity index (χ0) is 17.8. The van der Waals surface area contributed by atoms with Crippen molar-refractivity contribution in [3.8, 4) is 0 Å². The smallest absolute Gasteiger partial charge is 0.191 e. The topological polar surface area (TPSA) is 54.9 Å². The number of aliphatic imine (C=N–C) groups is 1. The summed E-state index contributed by atoms with van der Waals surface area (Å²) in [6.45, 7) is 2.90. The zero-order valence-electron chi connectivity index (χ0n) is 15.5. The van der Waals surface area contributed by atoms with Gasteiger partial charge in [-0.3, -0.25) is 4.99 Å². The van der Waals surface area contributed by atoms with E-state index in [4.69, 9.17) is 9.47 Å². The van der Waals surface area contributed by atoms with Gasteiger partial charge in [0.15, 0.2) is 5.96 Å². The van der Waals surface area contributed by atoms with Gasteiger partial charge in [0.05, 0.1) is 5.60 Å². The first-order chi connectivity index (χ1) is 12.1. The standard InChI is InChI=1S/C19H28FN3O2.HI/c1-21-17(23-14-19(24-2)8-10-25-11-9-19)22-13-18(6-7-18)15-4-3-5-16(20)12-15;/h3-5,12H,6-11,13-14H2,1-2H3,(H2,21,22,23);1H. The second-order valence-corrected chi connectivity index (χ2v) is 7.07. The Labute approximate surface area is 172 Å². The van der Waals surface area contributed by atoms with Crippen molar-refractivity contribution in [2.24, 2.45) is 4.99 Å². The Morgan fingerprint density at radius 2 is 1.88 bits per heavy atom. The summed E-state index contributed by atoms with van der Waals surface area (Å²) < 4.78 is 24.7. The quantitative estimate of drug-likeness (QED) is 0.376. The van der Waals surface area contributed by atoms with Gasteiger partial charge in [-0.15, -0.1) is 24.0 Å². The van der Waals surface area contributed by atoms with E-state index in [0.717, 1.165) is 57.0 Å². The highest BCUT2D eigenvalue weighted by molar-refractivity contribution is 14.0. The van der Waals surface area contributed by atoms with Crippen LogP contribution in [0, 0.1) is 5.82 Å². The van der Waals surface area contributed by atoms with Gasteiger partial charge >= 0.3 is 0 Å². The lowest BCUT2D eigenvalue weighted by molar-refractivity contribution is -0.0855. The van der Waals surface area contributed by atoms with Gasteiger partial charge in [-0.1, -0.05) is 12.1 Å². The molecule has 7 heteroatoms. The van der Waals surface area contributed by atoms with Gasteiger partial charge < -0.3 is 20.1 Å². The predicted octanol–water partition coefficient (Wildman–Crippen LogP) is 2.84. The zero-order valence-corrected chi connectivity index (χ0v) is 17.8. The van der Waals surface area contributed by atoms with Crippen LogP contribution in [0.3, 0.4) is 0 Å². The lowest BCUT2D eigenvalue weighted by Gasteiger charge is -2.36. The summed E-state index contributed by atoms with van der Waals surface area (Å²) in [6, 6.07) is 6.93. The largest absolute Gasteiger partial charge is 0.381 e. The molecule has 0 radical (unpaired) electrons. The number of nitrogens with zero attached hydrogens (tertiary/aromatic N) is 1. The van der Waals surface area contributed by atoms with Crippen LogP contribution in [0.25, 0.3) is 0 Å². The molecule has 5 nitrogen and oxygen atoms in total. The van der Waals surface area contributed by atoms with Crippen LogP contribution in [0.2, 0.25) is 0 Å². The van der Waals surface area contributed by atoms with Crippen LogP contribution in [0.5, 0.6) is 0 Å². The van der Waals surface area contributed by atoms with Crippen LogP contribution in [0.15, 0.2) is 29.3 Å². The third kappa shape index (κ3) is 5.07. The number of rotatable bonds is 6. The molecular formula is C19H29FIN3O2. The maximum Gasteiger partial charge on any atom is 0.191 e. The van der Waals surface area contributed by atoms with E-state index in [-0.39, 0.29) is 40.8 Å². The fourth-order valence-electron chi connectivity index (χ4n) is 3.45. The molecule has 146 valence electrons. The lowest BCUT2D eigenvalue weighted by Crippen LogP contribution is -2.51. The fraction of sp³-hybridized carbons (Fsp3) is 0.632. The van der Waals surface area contributed by atoms with Crippen molar-refractivity contribution in [3.05, 3.63) is 35.6 Å². The van der Waals surface area contributed by atoms with E-state index in [1.54, 1.807) is 26.3 Å². The third-order valence-electron chi connectivity index (χ3n) is 5.52. The minimum Gasteiger partial charge on any atom is -0.381 e. The Bertz CT molecular complexity index is 617. The van der Waals surface area contributed by atoms with Gasteiger partial charge in [0.25, 0.3) is 0 Å². The van der Waals surface area contributed by atoms with Gasteiger partial charge in [-0.2, -0.15) is 0 Å². The van der Waals surface area contributed by atoms with Crippen molar-refractivity contribution >= 4 is 29.9 Å². The normalized spacial score (nSPS) is 20.8. The van der Waals surface area contributed by atoms with Crippen LogP contribution >= 0.6 is 24.0 Å². The molecular weight excluding hydrogens is 448 g/mol. The van der Waals surface area contributed by atoms with Crippen molar-refractivity contribution in [2.45, 2.75) is 36.7 Å². The summed E-state index contributed by atoms with van der Waals surface area (Å²) in [5.74, 6) is 0.582. The molecule has 1 saturated carbocycles. The van der Waals surface area contributed by atoms with Gasteiger partial charge in [-0.25, -0.2) is 4.39 Å². The second-order valence-electron chi connectivity index (χ2n) is 7.07. The molecule has 2 N–H and O–H groups in total. The van der Waals surface area contributed by atoms with Gasteiger partial charge in [0.1, 0.15) is 5.82 Å². The highest BCUT2D eigenvalue weighted by Gasteiger charge is 2.44. The van der Waals surface area contributed by atoms with Crippen LogP contribution in [-0.2, 0) is 14.9 Å². The molecule has 0 atom stereocenters.